The molecule has 1 aromatic carbocycles. The number of urea groups is 1. The Morgan fingerprint density at radius 2 is 1.92 bits per heavy atom. The number of anilines is 1. The van der Waals surface area contributed by atoms with Crippen molar-refractivity contribution in [1.29, 1.82) is 5.26 Å². The molecule has 0 unspecified atom stereocenters. The average Bonchev–Trinajstić information content (AvgIpc) is 2.60. The summed E-state index contributed by atoms with van der Waals surface area (Å²) >= 11 is 0. The van der Waals surface area contributed by atoms with Crippen LogP contribution in [0.5, 0.6) is 0 Å². The summed E-state index contributed by atoms with van der Waals surface area (Å²) in [5.74, 6) is 0.217. The van der Waals surface area contributed by atoms with Crippen molar-refractivity contribution in [2.24, 2.45) is 0 Å². The molecule has 1 aromatic heterocycles. The zero-order chi connectivity index (χ0) is 17.2. The summed E-state index contributed by atoms with van der Waals surface area (Å²) in [4.78, 5) is 15.7. The van der Waals surface area contributed by atoms with Gasteiger partial charge in [0.05, 0.1) is 5.56 Å². The van der Waals surface area contributed by atoms with Gasteiger partial charge in [-0.2, -0.15) is 5.26 Å². The summed E-state index contributed by atoms with van der Waals surface area (Å²) in [6, 6.07) is 11.5. The monoisotopic (exact) mass is 327 g/mol. The van der Waals surface area contributed by atoms with Gasteiger partial charge in [-0.3, -0.25) is 0 Å². The minimum Gasteiger partial charge on any atom is -0.367 e. The quantitative estimate of drug-likeness (QED) is 0.679. The molecule has 2 rings (SSSR count). The molecular weight excluding hydrogens is 309 g/mol. The van der Waals surface area contributed by atoms with Crippen LogP contribution in [0.2, 0.25) is 0 Å². The van der Waals surface area contributed by atoms with Gasteiger partial charge in [0.25, 0.3) is 0 Å². The molecule has 1 heterocycles. The van der Waals surface area contributed by atoms with Gasteiger partial charge in [-0.15, -0.1) is 0 Å². The van der Waals surface area contributed by atoms with E-state index in [1.165, 1.54) is 6.07 Å². The fraction of sp³-hybridized carbons (Fsp3) is 0.235. The van der Waals surface area contributed by atoms with Crippen LogP contribution in [-0.4, -0.2) is 30.6 Å². The molecular formula is C17H18FN5O. The second-order valence-corrected chi connectivity index (χ2v) is 4.96. The third-order valence-corrected chi connectivity index (χ3v) is 3.27. The lowest BCUT2D eigenvalue weighted by atomic mass is 10.1. The standard InChI is InChI=1S/C17H18FN5O/c18-15-6-2-1-4-13(15)7-9-22-17(24)23-11-10-21-16-14(12-19)5-3-8-20-16/h1-6,8H,7,9-11H2,(H,20,21)(H2,22,23,24). The number of carbonyl (C=O) groups excluding carboxylic acids is 1. The Kier molecular flexibility index (Phi) is 6.53. The van der Waals surface area contributed by atoms with Crippen LogP contribution in [0.25, 0.3) is 0 Å². The first-order chi connectivity index (χ1) is 11.7. The van der Waals surface area contributed by atoms with Gasteiger partial charge in [0.15, 0.2) is 0 Å². The molecule has 0 saturated heterocycles. The van der Waals surface area contributed by atoms with Gasteiger partial charge in [0.1, 0.15) is 17.7 Å². The zero-order valence-electron chi connectivity index (χ0n) is 13.1. The van der Waals surface area contributed by atoms with Crippen molar-refractivity contribution in [2.75, 3.05) is 25.0 Å². The Morgan fingerprint density at radius 1 is 1.12 bits per heavy atom. The molecule has 2 amide bonds. The van der Waals surface area contributed by atoms with E-state index in [1.807, 2.05) is 6.07 Å². The smallest absolute Gasteiger partial charge is 0.314 e. The second kappa shape index (κ2) is 9.10. The lowest BCUT2D eigenvalue weighted by Gasteiger charge is -2.09. The maximum atomic E-state index is 13.4. The summed E-state index contributed by atoms with van der Waals surface area (Å²) < 4.78 is 13.4. The van der Waals surface area contributed by atoms with Crippen molar-refractivity contribution >= 4 is 11.8 Å². The van der Waals surface area contributed by atoms with E-state index in [0.717, 1.165) is 0 Å². The van der Waals surface area contributed by atoms with Gasteiger partial charge in [-0.25, -0.2) is 14.2 Å². The number of carbonyl (C=O) groups is 1. The van der Waals surface area contributed by atoms with E-state index < -0.39 is 0 Å². The molecule has 124 valence electrons. The van der Waals surface area contributed by atoms with E-state index in [2.05, 4.69) is 20.9 Å². The Morgan fingerprint density at radius 3 is 2.71 bits per heavy atom. The number of amides is 2. The number of halogens is 1. The van der Waals surface area contributed by atoms with E-state index in [9.17, 15) is 9.18 Å². The Hall–Kier alpha value is -3.14. The van der Waals surface area contributed by atoms with Gasteiger partial charge in [-0.1, -0.05) is 18.2 Å². The highest BCUT2D eigenvalue weighted by molar-refractivity contribution is 5.73. The molecule has 0 aliphatic heterocycles. The van der Waals surface area contributed by atoms with Gasteiger partial charge in [-0.05, 0) is 30.2 Å². The molecule has 0 fully saturated rings. The summed E-state index contributed by atoms with van der Waals surface area (Å²) in [7, 11) is 0. The average molecular weight is 327 g/mol. The van der Waals surface area contributed by atoms with E-state index >= 15 is 0 Å². The number of rotatable bonds is 7. The fourth-order valence-corrected chi connectivity index (χ4v) is 2.07. The van der Waals surface area contributed by atoms with E-state index in [0.29, 0.717) is 43.0 Å². The normalized spacial score (nSPS) is 9.83. The summed E-state index contributed by atoms with van der Waals surface area (Å²) in [5.41, 5.74) is 1.02. The van der Waals surface area contributed by atoms with Crippen molar-refractivity contribution in [1.82, 2.24) is 15.6 Å². The second-order valence-electron chi connectivity index (χ2n) is 4.96. The number of nitriles is 1. The molecule has 7 heteroatoms. The van der Waals surface area contributed by atoms with E-state index in [4.69, 9.17) is 5.26 Å². The first-order valence-electron chi connectivity index (χ1n) is 7.55. The maximum absolute atomic E-state index is 13.4. The lowest BCUT2D eigenvalue weighted by Crippen LogP contribution is -2.39. The topological polar surface area (TPSA) is 89.8 Å². The Balaban J connectivity index is 1.63. The van der Waals surface area contributed by atoms with Crippen LogP contribution in [0.15, 0.2) is 42.6 Å². The third-order valence-electron chi connectivity index (χ3n) is 3.27. The zero-order valence-corrected chi connectivity index (χ0v) is 13.1. The molecule has 0 spiro atoms. The van der Waals surface area contributed by atoms with Crippen molar-refractivity contribution in [3.8, 4) is 6.07 Å². The molecule has 2 aromatic rings. The van der Waals surface area contributed by atoms with Crippen molar-refractivity contribution in [2.45, 2.75) is 6.42 Å². The SMILES string of the molecule is N#Cc1cccnc1NCCNC(=O)NCCc1ccccc1F. The number of nitrogens with one attached hydrogen (secondary N) is 3. The largest absolute Gasteiger partial charge is 0.367 e. The molecule has 0 bridgehead atoms. The highest BCUT2D eigenvalue weighted by atomic mass is 19.1. The van der Waals surface area contributed by atoms with Crippen LogP contribution in [0.1, 0.15) is 11.1 Å². The van der Waals surface area contributed by atoms with Crippen molar-refractivity contribution < 1.29 is 9.18 Å². The molecule has 0 atom stereocenters. The van der Waals surface area contributed by atoms with Crippen LogP contribution < -0.4 is 16.0 Å². The van der Waals surface area contributed by atoms with Crippen LogP contribution in [0.4, 0.5) is 15.0 Å². The fourth-order valence-electron chi connectivity index (χ4n) is 2.07. The molecule has 0 saturated carbocycles. The first kappa shape index (κ1) is 17.2. The van der Waals surface area contributed by atoms with E-state index in [1.54, 1.807) is 36.5 Å². The van der Waals surface area contributed by atoms with Crippen molar-refractivity contribution in [3.63, 3.8) is 0 Å². The first-order valence-corrected chi connectivity index (χ1v) is 7.55. The summed E-state index contributed by atoms with van der Waals surface area (Å²) in [5, 5.41) is 17.3. The highest BCUT2D eigenvalue weighted by Crippen LogP contribution is 2.08. The molecule has 3 N–H and O–H groups in total. The summed E-state index contributed by atoms with van der Waals surface area (Å²) in [6.45, 7) is 1.15. The molecule has 6 nitrogen and oxygen atoms in total. The van der Waals surface area contributed by atoms with Crippen molar-refractivity contribution in [3.05, 3.63) is 59.5 Å². The predicted octanol–water partition coefficient (Wildman–Crippen LogP) is 2.05. The minimum atomic E-state index is -0.324. The minimum absolute atomic E-state index is 0.271. The third kappa shape index (κ3) is 5.25. The van der Waals surface area contributed by atoms with Gasteiger partial charge < -0.3 is 16.0 Å². The van der Waals surface area contributed by atoms with Crippen LogP contribution in [-0.2, 0) is 6.42 Å². The lowest BCUT2D eigenvalue weighted by molar-refractivity contribution is 0.241. The van der Waals surface area contributed by atoms with E-state index in [-0.39, 0.29) is 11.8 Å². The molecule has 0 aliphatic carbocycles. The molecule has 0 radical (unpaired) electrons. The van der Waals surface area contributed by atoms with Gasteiger partial charge in [0.2, 0.25) is 0 Å². The van der Waals surface area contributed by atoms with Crippen LogP contribution in [0.3, 0.4) is 0 Å². The molecule has 0 aliphatic rings. The molecule has 24 heavy (non-hydrogen) atoms. The van der Waals surface area contributed by atoms with Gasteiger partial charge >= 0.3 is 6.03 Å². The maximum Gasteiger partial charge on any atom is 0.314 e. The number of hydrogen-bond acceptors (Lipinski definition) is 4. The number of nitrogens with zero attached hydrogens (tertiary/aromatic N) is 2. The number of aromatic nitrogens is 1. The Bertz CT molecular complexity index is 729. The van der Waals surface area contributed by atoms with Gasteiger partial charge in [0, 0.05) is 25.8 Å². The number of hydrogen-bond donors (Lipinski definition) is 3. The van der Waals surface area contributed by atoms with Crippen LogP contribution in [0, 0.1) is 17.1 Å². The predicted molar refractivity (Wildman–Crippen MR) is 88.9 cm³/mol. The highest BCUT2D eigenvalue weighted by Gasteiger charge is 2.04. The number of pyridine rings is 1. The Labute approximate surface area is 139 Å². The summed E-state index contributed by atoms with van der Waals surface area (Å²) in [6.07, 6.45) is 2.02. The van der Waals surface area contributed by atoms with Crippen LogP contribution >= 0.6 is 0 Å². The number of benzene rings is 1.